The fourth-order valence-corrected chi connectivity index (χ4v) is 11.8. The first kappa shape index (κ1) is 34.0. The Morgan fingerprint density at radius 3 is 1.85 bits per heavy atom. The summed E-state index contributed by atoms with van der Waals surface area (Å²) < 4.78 is 18.9. The van der Waals surface area contributed by atoms with Crippen molar-refractivity contribution >= 4 is 78.4 Å². The highest BCUT2D eigenvalue weighted by Crippen LogP contribution is 2.59. The largest absolute Gasteiger partial charge is 0.505 e. The van der Waals surface area contributed by atoms with Crippen LogP contribution in [0.3, 0.4) is 0 Å². The van der Waals surface area contributed by atoms with Crippen molar-refractivity contribution in [3.05, 3.63) is 27.4 Å². The minimum absolute atomic E-state index is 0.0817. The van der Waals surface area contributed by atoms with Gasteiger partial charge in [-0.3, -0.25) is 9.98 Å². The summed E-state index contributed by atoms with van der Waals surface area (Å²) in [6.45, 7) is 10.1. The Morgan fingerprint density at radius 1 is 0.731 bits per heavy atom. The quantitative estimate of drug-likeness (QED) is 0.0841. The molecule has 11 heteroatoms. The third-order valence-electron chi connectivity index (χ3n) is 11.9. The third kappa shape index (κ3) is 4.67. The molecule has 2 aliphatic heterocycles. The molecule has 3 N–H and O–H groups in total. The van der Waals surface area contributed by atoms with Crippen LogP contribution in [0.2, 0.25) is 0 Å². The maximum Gasteiger partial charge on any atom is 0.169 e. The zero-order valence-electron chi connectivity index (χ0n) is 30.8. The lowest BCUT2D eigenvalue weighted by atomic mass is 9.83. The van der Waals surface area contributed by atoms with E-state index in [0.29, 0.717) is 42.4 Å². The standard InChI is InChI=1S/C41H46N4O5S2/c1-7-45(8-2)21-11-9-20(10-12-21)44-32-22-17-19(3)18-23-25-24(22)26-28(38(49-5)40-33(30(26)35(32)46)42-13-15-51-40)29-27(25)31(36(47)37(23)48-4)34-41(39(29)50-6)52-16-14-43-34/h18,20-21,44,46-47H,7-17H2,1-6H3. The van der Waals surface area contributed by atoms with Crippen molar-refractivity contribution in [2.75, 3.05) is 64.3 Å². The van der Waals surface area contributed by atoms with Gasteiger partial charge in [-0.25, -0.2) is 0 Å². The molecule has 9 nitrogen and oxygen atoms in total. The molecule has 0 unspecified atom stereocenters. The van der Waals surface area contributed by atoms with Gasteiger partial charge in [-0.1, -0.05) is 25.5 Å². The number of allylic oxidation sites excluding steroid dienone is 1. The smallest absolute Gasteiger partial charge is 0.169 e. The van der Waals surface area contributed by atoms with Gasteiger partial charge in [-0.15, -0.1) is 23.5 Å². The van der Waals surface area contributed by atoms with E-state index in [0.717, 1.165) is 137 Å². The molecule has 1 fully saturated rings. The van der Waals surface area contributed by atoms with Gasteiger partial charge in [0, 0.05) is 69.2 Å². The van der Waals surface area contributed by atoms with Gasteiger partial charge in [0.1, 0.15) is 17.2 Å². The topological polar surface area (TPSA) is 108 Å². The number of thioether (sulfide) groups is 2. The molecule has 0 aromatic heterocycles. The third-order valence-corrected chi connectivity index (χ3v) is 14.0. The molecule has 2 aliphatic carbocycles. The predicted octanol–water partition coefficient (Wildman–Crippen LogP) is 7.65. The van der Waals surface area contributed by atoms with E-state index in [-0.39, 0.29) is 17.5 Å². The summed E-state index contributed by atoms with van der Waals surface area (Å²) in [6.07, 6.45) is 7.06. The molecule has 0 amide bonds. The summed E-state index contributed by atoms with van der Waals surface area (Å²) in [5.74, 6) is 3.81. The van der Waals surface area contributed by atoms with E-state index in [1.165, 1.54) is 0 Å². The van der Waals surface area contributed by atoms with Crippen LogP contribution < -0.4 is 30.2 Å². The molecule has 0 bridgehead atoms. The van der Waals surface area contributed by atoms with E-state index in [4.69, 9.17) is 24.2 Å². The highest BCUT2D eigenvalue weighted by atomic mass is 32.2. The van der Waals surface area contributed by atoms with Crippen molar-refractivity contribution < 1.29 is 24.4 Å². The molecule has 52 heavy (non-hydrogen) atoms. The number of anilines is 1. The number of aromatic hydroxyl groups is 2. The molecule has 4 aliphatic rings. The number of phenolic OH excluding ortho intramolecular Hbond substituents is 2. The molecule has 0 radical (unpaired) electrons. The van der Waals surface area contributed by atoms with E-state index >= 15 is 0 Å². The Morgan fingerprint density at radius 2 is 1.29 bits per heavy atom. The van der Waals surface area contributed by atoms with Gasteiger partial charge in [0.15, 0.2) is 11.5 Å². The van der Waals surface area contributed by atoms with Gasteiger partial charge in [-0.05, 0) is 63.1 Å². The average Bonchev–Trinajstić information content (AvgIpc) is 3.32. The molecular weight excluding hydrogens is 693 g/mol. The Bertz CT molecular complexity index is 2470. The van der Waals surface area contributed by atoms with Crippen LogP contribution >= 0.6 is 23.5 Å². The zero-order valence-corrected chi connectivity index (χ0v) is 32.4. The second-order valence-electron chi connectivity index (χ2n) is 14.4. The number of nitrogens with zero attached hydrogens (tertiary/aromatic N) is 3. The number of methoxy groups -OCH3 is 3. The summed E-state index contributed by atoms with van der Waals surface area (Å²) in [4.78, 5) is 14.6. The molecule has 5 aromatic carbocycles. The van der Waals surface area contributed by atoms with Crippen LogP contribution in [0.1, 0.15) is 57.6 Å². The number of hydrogen-bond acceptors (Lipinski definition) is 11. The van der Waals surface area contributed by atoms with Gasteiger partial charge < -0.3 is 34.6 Å². The van der Waals surface area contributed by atoms with Gasteiger partial charge in [-0.2, -0.15) is 0 Å². The van der Waals surface area contributed by atoms with E-state index in [9.17, 15) is 10.2 Å². The van der Waals surface area contributed by atoms with Crippen LogP contribution in [-0.4, -0.2) is 86.2 Å². The van der Waals surface area contributed by atoms with Gasteiger partial charge in [0.05, 0.1) is 58.3 Å². The maximum absolute atomic E-state index is 12.8. The first-order valence-electron chi connectivity index (χ1n) is 18.6. The summed E-state index contributed by atoms with van der Waals surface area (Å²) >= 11 is 3.42. The highest BCUT2D eigenvalue weighted by Gasteiger charge is 2.36. The van der Waals surface area contributed by atoms with E-state index < -0.39 is 0 Å². The molecule has 1 saturated carbocycles. The fourth-order valence-electron chi connectivity index (χ4n) is 9.74. The van der Waals surface area contributed by atoms with Crippen molar-refractivity contribution in [3.63, 3.8) is 0 Å². The number of fused-ring (bicyclic) bond motifs is 5. The SMILES string of the molecule is CCN(CC)C1CCC(Nc2c(O)c3c4c(c(OC)c5c6c(OC)c7c(c8c(O)c(OC)c9c(c(c2CC(C)=C9)c35)c86)=NCCS7)SCCN=4)CC1. The zero-order chi connectivity index (χ0) is 36.0. The lowest BCUT2D eigenvalue weighted by Gasteiger charge is -2.37. The van der Waals surface area contributed by atoms with Crippen LogP contribution in [-0.2, 0) is 6.42 Å². The number of phenols is 2. The van der Waals surface area contributed by atoms with E-state index in [2.05, 4.69) is 37.1 Å². The fraction of sp³-hybridized carbons (Fsp3) is 0.463. The molecule has 0 atom stereocenters. The summed E-state index contributed by atoms with van der Waals surface area (Å²) in [5, 5.41) is 37.4. The predicted molar refractivity (Wildman–Crippen MR) is 214 cm³/mol. The molecule has 2 heterocycles. The molecular formula is C41H46N4O5S2. The molecule has 0 spiro atoms. The summed E-state index contributed by atoms with van der Waals surface area (Å²) in [7, 11) is 5.06. The van der Waals surface area contributed by atoms with Gasteiger partial charge in [0.25, 0.3) is 0 Å². The summed E-state index contributed by atoms with van der Waals surface area (Å²) in [6, 6.07) is 0.809. The van der Waals surface area contributed by atoms with Crippen LogP contribution in [0, 0.1) is 0 Å². The van der Waals surface area contributed by atoms with Crippen LogP contribution in [0.25, 0.3) is 49.2 Å². The minimum Gasteiger partial charge on any atom is -0.505 e. The molecule has 5 aromatic rings. The first-order chi connectivity index (χ1) is 25.4. The normalized spacial score (nSPS) is 19.8. The van der Waals surface area contributed by atoms with Crippen LogP contribution in [0.5, 0.6) is 28.7 Å². The highest BCUT2D eigenvalue weighted by molar-refractivity contribution is 7.99. The molecule has 272 valence electrons. The Hall–Kier alpha value is -3.80. The minimum atomic E-state index is 0.0817. The number of nitrogens with one attached hydrogen (secondary N) is 1. The number of hydrogen-bond donors (Lipinski definition) is 3. The van der Waals surface area contributed by atoms with Gasteiger partial charge in [0.2, 0.25) is 0 Å². The maximum atomic E-state index is 12.8. The van der Waals surface area contributed by atoms with E-state index in [1.54, 1.807) is 44.9 Å². The molecule has 9 rings (SSSR count). The number of ether oxygens (including phenoxy) is 3. The van der Waals surface area contributed by atoms with Crippen molar-refractivity contribution in [3.8, 4) is 28.7 Å². The average molecular weight is 739 g/mol. The second kappa shape index (κ2) is 13.0. The second-order valence-corrected chi connectivity index (χ2v) is 16.6. The van der Waals surface area contributed by atoms with E-state index in [1.807, 2.05) is 0 Å². The Labute approximate surface area is 311 Å². The first-order valence-corrected chi connectivity index (χ1v) is 20.6. The Balaban J connectivity index is 1.49. The summed E-state index contributed by atoms with van der Waals surface area (Å²) in [5.41, 5.74) is 3.75. The molecule has 0 saturated heterocycles. The van der Waals surface area contributed by atoms with Crippen LogP contribution in [0.4, 0.5) is 5.69 Å². The Kier molecular flexibility index (Phi) is 8.47. The monoisotopic (exact) mass is 738 g/mol. The number of benzene rings is 5. The van der Waals surface area contributed by atoms with Crippen LogP contribution in [0.15, 0.2) is 25.3 Å². The lowest BCUT2D eigenvalue weighted by Crippen LogP contribution is -2.40. The number of rotatable bonds is 8. The van der Waals surface area contributed by atoms with Crippen molar-refractivity contribution in [1.29, 1.82) is 0 Å². The van der Waals surface area contributed by atoms with Gasteiger partial charge >= 0.3 is 0 Å². The van der Waals surface area contributed by atoms with Crippen molar-refractivity contribution in [2.45, 2.75) is 74.7 Å². The lowest BCUT2D eigenvalue weighted by molar-refractivity contribution is 0.167. The van der Waals surface area contributed by atoms with Crippen molar-refractivity contribution in [1.82, 2.24) is 4.90 Å². The van der Waals surface area contributed by atoms with Crippen molar-refractivity contribution in [2.24, 2.45) is 9.98 Å².